The van der Waals surface area contributed by atoms with Crippen molar-refractivity contribution in [2.45, 2.75) is 32.4 Å². The Kier molecular flexibility index (Phi) is 5.30. The normalized spacial score (nSPS) is 13.8. The standard InChI is InChI=1S/C14H22N2O3S/c1-14(2,3)9-13(17)16-10-12(20(15,18)19)11-7-5-4-6-8-11/h4-8,12H,9-10H2,1-3H3,(H,16,17)(H2,15,18,19). The van der Waals surface area contributed by atoms with Crippen LogP contribution in [0.3, 0.4) is 0 Å². The van der Waals surface area contributed by atoms with Crippen LogP contribution in [0.25, 0.3) is 0 Å². The van der Waals surface area contributed by atoms with Gasteiger partial charge in [0.05, 0.1) is 0 Å². The van der Waals surface area contributed by atoms with Crippen LogP contribution in [0, 0.1) is 5.41 Å². The molecular weight excluding hydrogens is 276 g/mol. The minimum Gasteiger partial charge on any atom is -0.354 e. The van der Waals surface area contributed by atoms with Gasteiger partial charge in [-0.1, -0.05) is 51.1 Å². The van der Waals surface area contributed by atoms with Gasteiger partial charge in [0.25, 0.3) is 0 Å². The molecule has 6 heteroatoms. The Labute approximate surface area is 120 Å². The van der Waals surface area contributed by atoms with E-state index in [9.17, 15) is 13.2 Å². The lowest BCUT2D eigenvalue weighted by atomic mass is 9.92. The molecule has 0 aromatic heterocycles. The third-order valence-electron chi connectivity index (χ3n) is 2.74. The Bertz CT molecular complexity index is 548. The molecule has 0 spiro atoms. The number of primary sulfonamides is 1. The molecule has 3 N–H and O–H groups in total. The van der Waals surface area contributed by atoms with Crippen molar-refractivity contribution in [1.82, 2.24) is 5.32 Å². The van der Waals surface area contributed by atoms with Gasteiger partial charge >= 0.3 is 0 Å². The van der Waals surface area contributed by atoms with Gasteiger partial charge in [0, 0.05) is 13.0 Å². The fourth-order valence-electron chi connectivity index (χ4n) is 1.84. The second kappa shape index (κ2) is 6.37. The number of hydrogen-bond donors (Lipinski definition) is 2. The molecule has 0 radical (unpaired) electrons. The summed E-state index contributed by atoms with van der Waals surface area (Å²) in [5.41, 5.74) is 0.430. The first kappa shape index (κ1) is 16.7. The second-order valence-corrected chi connectivity index (χ2v) is 7.78. The van der Waals surface area contributed by atoms with Crippen molar-refractivity contribution >= 4 is 15.9 Å². The van der Waals surface area contributed by atoms with Gasteiger partial charge in [0.1, 0.15) is 5.25 Å². The first-order valence-electron chi connectivity index (χ1n) is 6.43. The van der Waals surface area contributed by atoms with E-state index in [2.05, 4.69) is 5.32 Å². The highest BCUT2D eigenvalue weighted by Gasteiger charge is 2.25. The topological polar surface area (TPSA) is 89.3 Å². The van der Waals surface area contributed by atoms with Gasteiger partial charge in [-0.3, -0.25) is 4.79 Å². The summed E-state index contributed by atoms with van der Waals surface area (Å²) in [4.78, 5) is 11.8. The molecule has 112 valence electrons. The van der Waals surface area contributed by atoms with E-state index in [0.29, 0.717) is 12.0 Å². The van der Waals surface area contributed by atoms with Crippen LogP contribution in [0.5, 0.6) is 0 Å². The Hall–Kier alpha value is -1.40. The van der Waals surface area contributed by atoms with Gasteiger partial charge in [-0.15, -0.1) is 0 Å². The highest BCUT2D eigenvalue weighted by molar-refractivity contribution is 7.89. The maximum Gasteiger partial charge on any atom is 0.220 e. The molecular formula is C14H22N2O3S. The zero-order chi connectivity index (χ0) is 15.4. The van der Waals surface area contributed by atoms with Gasteiger partial charge in [-0.25, -0.2) is 13.6 Å². The Balaban J connectivity index is 2.77. The average Bonchev–Trinajstić information content (AvgIpc) is 2.26. The summed E-state index contributed by atoms with van der Waals surface area (Å²) in [6, 6.07) is 8.65. The summed E-state index contributed by atoms with van der Waals surface area (Å²) in [6.07, 6.45) is 0.332. The van der Waals surface area contributed by atoms with E-state index in [1.54, 1.807) is 30.3 Å². The quantitative estimate of drug-likeness (QED) is 0.864. The number of nitrogens with two attached hydrogens (primary N) is 1. The van der Waals surface area contributed by atoms with Crippen molar-refractivity contribution < 1.29 is 13.2 Å². The number of carbonyl (C=O) groups is 1. The molecule has 0 bridgehead atoms. The third kappa shape index (κ3) is 5.71. The number of rotatable bonds is 5. The van der Waals surface area contributed by atoms with Crippen LogP contribution in [-0.4, -0.2) is 20.9 Å². The molecule has 0 aliphatic carbocycles. The van der Waals surface area contributed by atoms with Gasteiger partial charge in [-0.2, -0.15) is 0 Å². The molecule has 0 fully saturated rings. The largest absolute Gasteiger partial charge is 0.354 e. The van der Waals surface area contributed by atoms with E-state index < -0.39 is 15.3 Å². The molecule has 0 aliphatic heterocycles. The van der Waals surface area contributed by atoms with E-state index in [-0.39, 0.29) is 17.9 Å². The lowest BCUT2D eigenvalue weighted by Crippen LogP contribution is -2.35. The summed E-state index contributed by atoms with van der Waals surface area (Å²) in [5.74, 6) is -0.179. The number of nitrogens with one attached hydrogen (secondary N) is 1. The number of sulfonamides is 1. The third-order valence-corrected chi connectivity index (χ3v) is 3.98. The molecule has 1 atom stereocenters. The zero-order valence-corrected chi connectivity index (χ0v) is 12.9. The molecule has 0 saturated heterocycles. The smallest absolute Gasteiger partial charge is 0.220 e. The summed E-state index contributed by atoms with van der Waals surface area (Å²) in [6.45, 7) is 5.82. The fourth-order valence-corrected chi connectivity index (χ4v) is 2.69. The molecule has 1 unspecified atom stereocenters. The highest BCUT2D eigenvalue weighted by atomic mass is 32.2. The van der Waals surface area contributed by atoms with Crippen LogP contribution in [0.15, 0.2) is 30.3 Å². The second-order valence-electron chi connectivity index (χ2n) is 6.03. The van der Waals surface area contributed by atoms with Crippen LogP contribution >= 0.6 is 0 Å². The van der Waals surface area contributed by atoms with Crippen LogP contribution in [-0.2, 0) is 14.8 Å². The van der Waals surface area contributed by atoms with E-state index >= 15 is 0 Å². The zero-order valence-electron chi connectivity index (χ0n) is 12.1. The van der Waals surface area contributed by atoms with E-state index in [1.165, 1.54) is 0 Å². The van der Waals surface area contributed by atoms with Crippen molar-refractivity contribution in [3.63, 3.8) is 0 Å². The number of hydrogen-bond acceptors (Lipinski definition) is 3. The number of carbonyl (C=O) groups excluding carboxylic acids is 1. The van der Waals surface area contributed by atoms with Crippen molar-refractivity contribution in [2.75, 3.05) is 6.54 Å². The molecule has 1 amide bonds. The van der Waals surface area contributed by atoms with Crippen molar-refractivity contribution in [3.8, 4) is 0 Å². The monoisotopic (exact) mass is 298 g/mol. The SMILES string of the molecule is CC(C)(C)CC(=O)NCC(c1ccccc1)S(N)(=O)=O. The molecule has 1 aromatic rings. The van der Waals surface area contributed by atoms with Crippen molar-refractivity contribution in [1.29, 1.82) is 0 Å². The maximum atomic E-state index is 11.8. The maximum absolute atomic E-state index is 11.8. The van der Waals surface area contributed by atoms with Crippen LogP contribution < -0.4 is 10.5 Å². The molecule has 5 nitrogen and oxygen atoms in total. The average molecular weight is 298 g/mol. The van der Waals surface area contributed by atoms with Gasteiger partial charge in [0.2, 0.25) is 15.9 Å². The molecule has 20 heavy (non-hydrogen) atoms. The Morgan fingerprint density at radius 2 is 1.80 bits per heavy atom. The minimum absolute atomic E-state index is 0.0161. The molecule has 1 rings (SSSR count). The van der Waals surface area contributed by atoms with E-state index in [4.69, 9.17) is 5.14 Å². The van der Waals surface area contributed by atoms with Crippen molar-refractivity contribution in [3.05, 3.63) is 35.9 Å². The Morgan fingerprint density at radius 1 is 1.25 bits per heavy atom. The van der Waals surface area contributed by atoms with Crippen LogP contribution in [0.2, 0.25) is 0 Å². The predicted molar refractivity (Wildman–Crippen MR) is 79.4 cm³/mol. The Morgan fingerprint density at radius 3 is 2.25 bits per heavy atom. The van der Waals surface area contributed by atoms with Crippen LogP contribution in [0.1, 0.15) is 38.0 Å². The summed E-state index contributed by atoms with van der Waals surface area (Å²) in [5, 5.41) is 6.97. The summed E-state index contributed by atoms with van der Waals surface area (Å²) in [7, 11) is -3.77. The fraction of sp³-hybridized carbons (Fsp3) is 0.500. The lowest BCUT2D eigenvalue weighted by molar-refractivity contribution is -0.122. The predicted octanol–water partition coefficient (Wildman–Crippen LogP) is 1.57. The molecule has 0 saturated carbocycles. The lowest BCUT2D eigenvalue weighted by Gasteiger charge is -2.20. The van der Waals surface area contributed by atoms with Gasteiger partial charge in [0.15, 0.2) is 0 Å². The first-order chi connectivity index (χ1) is 9.09. The number of amides is 1. The molecule has 0 heterocycles. The summed E-state index contributed by atoms with van der Waals surface area (Å²) >= 11 is 0. The first-order valence-corrected chi connectivity index (χ1v) is 8.04. The van der Waals surface area contributed by atoms with E-state index in [0.717, 1.165) is 0 Å². The number of benzene rings is 1. The highest BCUT2D eigenvalue weighted by Crippen LogP contribution is 2.20. The van der Waals surface area contributed by atoms with E-state index in [1.807, 2.05) is 20.8 Å². The minimum atomic E-state index is -3.77. The van der Waals surface area contributed by atoms with Crippen LogP contribution in [0.4, 0.5) is 0 Å². The summed E-state index contributed by atoms with van der Waals surface area (Å²) < 4.78 is 23.3. The van der Waals surface area contributed by atoms with Gasteiger partial charge < -0.3 is 5.32 Å². The molecule has 1 aromatic carbocycles. The molecule has 0 aliphatic rings. The van der Waals surface area contributed by atoms with Gasteiger partial charge in [-0.05, 0) is 11.0 Å². The van der Waals surface area contributed by atoms with Crippen molar-refractivity contribution in [2.24, 2.45) is 10.6 Å².